The lowest BCUT2D eigenvalue weighted by Gasteiger charge is -2.31. The molecule has 18 heavy (non-hydrogen) atoms. The molecule has 1 fully saturated rings. The van der Waals surface area contributed by atoms with E-state index in [0.29, 0.717) is 16.5 Å². The Morgan fingerprint density at radius 2 is 1.89 bits per heavy atom. The lowest BCUT2D eigenvalue weighted by atomic mass is 9.97. The minimum Gasteiger partial charge on any atom is -0.337 e. The second-order valence-electron chi connectivity index (χ2n) is 4.71. The summed E-state index contributed by atoms with van der Waals surface area (Å²) in [5.74, 6) is 0.115. The molecule has 1 aliphatic rings. The molecule has 2 unspecified atom stereocenters. The van der Waals surface area contributed by atoms with Gasteiger partial charge in [0.2, 0.25) is 5.91 Å². The lowest BCUT2D eigenvalue weighted by Crippen LogP contribution is -2.39. The Bertz CT molecular complexity index is 444. The van der Waals surface area contributed by atoms with Gasteiger partial charge in [-0.15, -0.1) is 0 Å². The van der Waals surface area contributed by atoms with Gasteiger partial charge in [-0.3, -0.25) is 4.79 Å². The highest BCUT2D eigenvalue weighted by atomic mass is 35.5. The van der Waals surface area contributed by atoms with Gasteiger partial charge in [0.25, 0.3) is 0 Å². The van der Waals surface area contributed by atoms with Crippen LogP contribution in [0.1, 0.15) is 30.9 Å². The third-order valence-electron chi connectivity index (χ3n) is 3.37. The van der Waals surface area contributed by atoms with Crippen molar-refractivity contribution in [2.24, 2.45) is 5.73 Å². The van der Waals surface area contributed by atoms with Crippen LogP contribution in [0.5, 0.6) is 0 Å². The van der Waals surface area contributed by atoms with Crippen molar-refractivity contribution in [3.05, 3.63) is 33.8 Å². The predicted octanol–water partition coefficient (Wildman–Crippen LogP) is 3.00. The standard InChI is InChI=1S/C13H16Cl2N2O/c1-17-12(18)4-2-3-11(16)13(17)8-5-9(14)7-10(15)6-8/h5-7,11,13H,2-4,16H2,1H3. The predicted molar refractivity (Wildman–Crippen MR) is 73.8 cm³/mol. The summed E-state index contributed by atoms with van der Waals surface area (Å²) in [5.41, 5.74) is 7.08. The van der Waals surface area contributed by atoms with Crippen molar-refractivity contribution in [3.63, 3.8) is 0 Å². The van der Waals surface area contributed by atoms with Crippen LogP contribution in [0.15, 0.2) is 18.2 Å². The van der Waals surface area contributed by atoms with E-state index in [-0.39, 0.29) is 18.0 Å². The van der Waals surface area contributed by atoms with Crippen molar-refractivity contribution in [2.45, 2.75) is 31.3 Å². The number of amides is 1. The molecule has 5 heteroatoms. The van der Waals surface area contributed by atoms with Gasteiger partial charge >= 0.3 is 0 Å². The molecule has 0 aliphatic carbocycles. The molecule has 1 aromatic carbocycles. The molecule has 2 atom stereocenters. The summed E-state index contributed by atoms with van der Waals surface area (Å²) in [6.45, 7) is 0. The Balaban J connectivity index is 2.41. The van der Waals surface area contributed by atoms with Gasteiger partial charge in [-0.05, 0) is 36.6 Å². The Morgan fingerprint density at radius 1 is 1.28 bits per heavy atom. The molecule has 1 aromatic rings. The molecule has 0 saturated carbocycles. The molecule has 2 N–H and O–H groups in total. The average Bonchev–Trinajstić information content (AvgIpc) is 2.38. The van der Waals surface area contributed by atoms with Crippen LogP contribution in [-0.2, 0) is 4.79 Å². The van der Waals surface area contributed by atoms with Crippen LogP contribution in [0, 0.1) is 0 Å². The van der Waals surface area contributed by atoms with Gasteiger partial charge in [-0.1, -0.05) is 23.2 Å². The molecular formula is C13H16Cl2N2O. The molecule has 1 saturated heterocycles. The minimum absolute atomic E-state index is 0.0871. The van der Waals surface area contributed by atoms with Crippen LogP contribution in [0.4, 0.5) is 0 Å². The summed E-state index contributed by atoms with van der Waals surface area (Å²) < 4.78 is 0. The zero-order valence-corrected chi connectivity index (χ0v) is 11.7. The van der Waals surface area contributed by atoms with E-state index < -0.39 is 0 Å². The average molecular weight is 287 g/mol. The van der Waals surface area contributed by atoms with Crippen molar-refractivity contribution < 1.29 is 4.79 Å². The van der Waals surface area contributed by atoms with Gasteiger partial charge in [0.15, 0.2) is 0 Å². The maximum absolute atomic E-state index is 11.9. The van der Waals surface area contributed by atoms with Crippen molar-refractivity contribution in [3.8, 4) is 0 Å². The second-order valence-corrected chi connectivity index (χ2v) is 5.58. The van der Waals surface area contributed by atoms with Crippen molar-refractivity contribution in [1.82, 2.24) is 4.90 Å². The summed E-state index contributed by atoms with van der Waals surface area (Å²) in [6, 6.07) is 5.09. The maximum atomic E-state index is 11.9. The molecular weight excluding hydrogens is 271 g/mol. The summed E-state index contributed by atoms with van der Waals surface area (Å²) in [6.07, 6.45) is 2.20. The van der Waals surface area contributed by atoms with E-state index >= 15 is 0 Å². The van der Waals surface area contributed by atoms with E-state index in [2.05, 4.69) is 0 Å². The van der Waals surface area contributed by atoms with Gasteiger partial charge in [-0.2, -0.15) is 0 Å². The number of benzene rings is 1. The smallest absolute Gasteiger partial charge is 0.222 e. The van der Waals surface area contributed by atoms with E-state index in [1.165, 1.54) is 0 Å². The highest BCUT2D eigenvalue weighted by Crippen LogP contribution is 2.32. The van der Waals surface area contributed by atoms with Crippen molar-refractivity contribution in [2.75, 3.05) is 7.05 Å². The monoisotopic (exact) mass is 286 g/mol. The fourth-order valence-corrected chi connectivity index (χ4v) is 3.03. The third kappa shape index (κ3) is 2.79. The van der Waals surface area contributed by atoms with Crippen LogP contribution in [0.3, 0.4) is 0 Å². The zero-order valence-electron chi connectivity index (χ0n) is 10.2. The van der Waals surface area contributed by atoms with Gasteiger partial charge in [-0.25, -0.2) is 0 Å². The number of carbonyl (C=O) groups excluding carboxylic acids is 1. The number of hydrogen-bond acceptors (Lipinski definition) is 2. The lowest BCUT2D eigenvalue weighted by molar-refractivity contribution is -0.131. The first-order valence-corrected chi connectivity index (χ1v) is 6.72. The maximum Gasteiger partial charge on any atom is 0.222 e. The van der Waals surface area contributed by atoms with Crippen molar-refractivity contribution in [1.29, 1.82) is 0 Å². The Hall–Kier alpha value is -0.770. The van der Waals surface area contributed by atoms with Gasteiger partial charge in [0.1, 0.15) is 0 Å². The van der Waals surface area contributed by atoms with Crippen molar-refractivity contribution >= 4 is 29.1 Å². The normalized spacial score (nSPS) is 25.1. The second kappa shape index (κ2) is 5.47. The fourth-order valence-electron chi connectivity index (χ4n) is 2.48. The van der Waals surface area contributed by atoms with Crippen LogP contribution in [0.2, 0.25) is 10.0 Å². The van der Waals surface area contributed by atoms with E-state index in [1.807, 2.05) is 12.1 Å². The summed E-state index contributed by atoms with van der Waals surface area (Å²) >= 11 is 12.0. The molecule has 2 rings (SSSR count). The molecule has 0 radical (unpaired) electrons. The highest BCUT2D eigenvalue weighted by molar-refractivity contribution is 6.34. The molecule has 3 nitrogen and oxygen atoms in total. The topological polar surface area (TPSA) is 46.3 Å². The van der Waals surface area contributed by atoms with Crippen LogP contribution in [-0.4, -0.2) is 23.9 Å². The van der Waals surface area contributed by atoms with Gasteiger partial charge in [0.05, 0.1) is 6.04 Å². The number of halogens is 2. The first-order valence-electron chi connectivity index (χ1n) is 5.96. The van der Waals surface area contributed by atoms with E-state index in [9.17, 15) is 4.79 Å². The first-order chi connectivity index (χ1) is 8.49. The third-order valence-corrected chi connectivity index (χ3v) is 3.81. The molecule has 98 valence electrons. The highest BCUT2D eigenvalue weighted by Gasteiger charge is 2.30. The SMILES string of the molecule is CN1C(=O)CCCC(N)C1c1cc(Cl)cc(Cl)c1. The number of hydrogen-bond donors (Lipinski definition) is 1. The number of likely N-dealkylation sites (tertiary alicyclic amines) is 1. The van der Waals surface area contributed by atoms with Crippen LogP contribution >= 0.6 is 23.2 Å². The summed E-state index contributed by atoms with van der Waals surface area (Å²) in [7, 11) is 1.78. The largest absolute Gasteiger partial charge is 0.337 e. The Labute approximate surface area is 117 Å². The van der Waals surface area contributed by atoms with Gasteiger partial charge in [0, 0.05) is 29.6 Å². The van der Waals surface area contributed by atoms with Gasteiger partial charge < -0.3 is 10.6 Å². The molecule has 0 spiro atoms. The summed E-state index contributed by atoms with van der Waals surface area (Å²) in [5, 5.41) is 1.13. The van der Waals surface area contributed by atoms with E-state index in [4.69, 9.17) is 28.9 Å². The summed E-state index contributed by atoms with van der Waals surface area (Å²) in [4.78, 5) is 13.6. The first kappa shape index (κ1) is 13.7. The molecule has 1 heterocycles. The molecule has 1 aliphatic heterocycles. The van der Waals surface area contributed by atoms with Crippen LogP contribution in [0.25, 0.3) is 0 Å². The number of nitrogens with zero attached hydrogens (tertiary/aromatic N) is 1. The molecule has 0 bridgehead atoms. The molecule has 0 aromatic heterocycles. The quantitative estimate of drug-likeness (QED) is 0.863. The number of carbonyl (C=O) groups is 1. The van der Waals surface area contributed by atoms with Crippen LogP contribution < -0.4 is 5.73 Å². The number of nitrogens with two attached hydrogens (primary N) is 1. The number of likely N-dealkylation sites (N-methyl/N-ethyl adjacent to an activating group) is 1. The molecule has 1 amide bonds. The van der Waals surface area contributed by atoms with E-state index in [1.54, 1.807) is 18.0 Å². The van der Waals surface area contributed by atoms with E-state index in [0.717, 1.165) is 18.4 Å². The minimum atomic E-state index is -0.156. The number of rotatable bonds is 1. The Kier molecular flexibility index (Phi) is 4.15. The zero-order chi connectivity index (χ0) is 13.3. The Morgan fingerprint density at radius 3 is 2.50 bits per heavy atom. The fraction of sp³-hybridized carbons (Fsp3) is 0.462.